The zero-order valence-corrected chi connectivity index (χ0v) is 16.4. The van der Waals surface area contributed by atoms with Crippen LogP contribution in [0.5, 0.6) is 5.75 Å². The molecule has 0 bridgehead atoms. The van der Waals surface area contributed by atoms with Gasteiger partial charge in [-0.3, -0.25) is 4.79 Å². The van der Waals surface area contributed by atoms with Crippen LogP contribution in [0.25, 0.3) is 0 Å². The molecule has 0 unspecified atom stereocenters. The molecule has 1 fully saturated rings. The summed E-state index contributed by atoms with van der Waals surface area (Å²) >= 11 is 6.06. The van der Waals surface area contributed by atoms with E-state index >= 15 is 0 Å². The third-order valence-electron chi connectivity index (χ3n) is 5.58. The van der Waals surface area contributed by atoms with Gasteiger partial charge in [-0.2, -0.15) is 0 Å². The van der Waals surface area contributed by atoms with Gasteiger partial charge in [0.05, 0.1) is 6.20 Å². The fraction of sp³-hybridized carbons (Fsp3) is 0.304. The first-order chi connectivity index (χ1) is 13.6. The second kappa shape index (κ2) is 8.19. The molecule has 0 saturated heterocycles. The summed E-state index contributed by atoms with van der Waals surface area (Å²) in [7, 11) is 0. The van der Waals surface area contributed by atoms with Crippen LogP contribution in [0.1, 0.15) is 42.6 Å². The molecule has 1 saturated carbocycles. The minimum Gasteiger partial charge on any atom is -0.482 e. The molecule has 1 heterocycles. The molecule has 0 atom stereocenters. The minimum absolute atomic E-state index is 0.00689. The third-order valence-corrected chi connectivity index (χ3v) is 5.83. The normalized spacial score (nSPS) is 15.5. The third kappa shape index (κ3) is 4.12. The first kappa shape index (κ1) is 18.8. The molecule has 1 aliphatic rings. The zero-order valence-electron chi connectivity index (χ0n) is 15.7. The molecule has 1 aliphatic carbocycles. The fourth-order valence-corrected chi connectivity index (χ4v) is 4.22. The lowest BCUT2D eigenvalue weighted by Gasteiger charge is -2.29. The van der Waals surface area contributed by atoms with Crippen molar-refractivity contribution in [2.45, 2.75) is 44.1 Å². The largest absolute Gasteiger partial charge is 0.482 e. The first-order valence-electron chi connectivity index (χ1n) is 9.66. The molecule has 144 valence electrons. The van der Waals surface area contributed by atoms with Crippen LogP contribution in [0.3, 0.4) is 0 Å². The van der Waals surface area contributed by atoms with Crippen molar-refractivity contribution in [3.05, 3.63) is 93.1 Å². The van der Waals surface area contributed by atoms with E-state index in [2.05, 4.69) is 22.1 Å². The molecule has 0 spiro atoms. The van der Waals surface area contributed by atoms with E-state index < -0.39 is 0 Å². The van der Waals surface area contributed by atoms with Crippen molar-refractivity contribution in [2.24, 2.45) is 0 Å². The van der Waals surface area contributed by atoms with Gasteiger partial charge in [-0.1, -0.05) is 66.9 Å². The number of hydrogen-bond donors (Lipinski definition) is 1. The maximum atomic E-state index is 12.5. The summed E-state index contributed by atoms with van der Waals surface area (Å²) in [4.78, 5) is 19.9. The van der Waals surface area contributed by atoms with Gasteiger partial charge in [0.1, 0.15) is 12.4 Å². The molecule has 5 heteroatoms. The highest BCUT2D eigenvalue weighted by atomic mass is 35.5. The Kier molecular flexibility index (Phi) is 5.49. The van der Waals surface area contributed by atoms with Gasteiger partial charge in [-0.25, -0.2) is 4.98 Å². The maximum absolute atomic E-state index is 12.5. The van der Waals surface area contributed by atoms with E-state index in [9.17, 15) is 4.79 Å². The Bertz CT molecular complexity index is 977. The molecular formula is C23H23ClN2O2. The Morgan fingerprint density at radius 3 is 2.43 bits per heavy atom. The van der Waals surface area contributed by atoms with Gasteiger partial charge in [-0.15, -0.1) is 0 Å². The predicted molar refractivity (Wildman–Crippen MR) is 111 cm³/mol. The summed E-state index contributed by atoms with van der Waals surface area (Å²) in [6.07, 6.45) is 6.80. The van der Waals surface area contributed by atoms with E-state index in [1.165, 1.54) is 18.4 Å². The van der Waals surface area contributed by atoms with Gasteiger partial charge in [-0.05, 0) is 36.1 Å². The summed E-state index contributed by atoms with van der Waals surface area (Å²) in [5, 5.41) is 0.739. The second-order valence-electron chi connectivity index (χ2n) is 7.47. The second-order valence-corrected chi connectivity index (χ2v) is 7.91. The average molecular weight is 395 g/mol. The van der Waals surface area contributed by atoms with Crippen LogP contribution < -0.4 is 10.3 Å². The molecule has 2 aromatic carbocycles. The quantitative estimate of drug-likeness (QED) is 0.636. The Balaban J connectivity index is 1.51. The Morgan fingerprint density at radius 1 is 1.04 bits per heavy atom. The molecule has 1 N–H and O–H groups in total. The number of ether oxygens (including phenoxy) is 1. The summed E-state index contributed by atoms with van der Waals surface area (Å²) in [6, 6.07) is 17.8. The predicted octanol–water partition coefficient (Wildman–Crippen LogP) is 5.06. The van der Waals surface area contributed by atoms with Gasteiger partial charge in [0.25, 0.3) is 5.56 Å². The number of nitrogens with one attached hydrogen (secondary N) is 1. The van der Waals surface area contributed by atoms with Crippen LogP contribution in [0, 0.1) is 0 Å². The number of hydrogen-bond acceptors (Lipinski definition) is 3. The molecule has 0 amide bonds. The summed E-state index contributed by atoms with van der Waals surface area (Å²) in [5.41, 5.74) is 2.05. The fourth-order valence-electron chi connectivity index (χ4n) is 4.09. The monoisotopic (exact) mass is 394 g/mol. The minimum atomic E-state index is -0.231. The number of H-pyrrole nitrogens is 1. The van der Waals surface area contributed by atoms with Gasteiger partial charge in [0.2, 0.25) is 5.75 Å². The molecule has 0 radical (unpaired) electrons. The smallest absolute Gasteiger partial charge is 0.293 e. The lowest BCUT2D eigenvalue weighted by molar-refractivity contribution is 0.299. The number of halogens is 1. The maximum Gasteiger partial charge on any atom is 0.293 e. The van der Waals surface area contributed by atoms with Crippen molar-refractivity contribution in [3.63, 3.8) is 0 Å². The van der Waals surface area contributed by atoms with Crippen molar-refractivity contribution in [1.29, 1.82) is 0 Å². The van der Waals surface area contributed by atoms with Crippen LogP contribution in [0.4, 0.5) is 0 Å². The van der Waals surface area contributed by atoms with E-state index in [1.54, 1.807) is 6.20 Å². The van der Waals surface area contributed by atoms with Crippen molar-refractivity contribution in [2.75, 3.05) is 0 Å². The lowest BCUT2D eigenvalue weighted by atomic mass is 9.76. The zero-order chi connectivity index (χ0) is 19.4. The molecular weight excluding hydrogens is 372 g/mol. The van der Waals surface area contributed by atoms with Gasteiger partial charge >= 0.3 is 0 Å². The average Bonchev–Trinajstić information content (AvgIpc) is 3.18. The number of nitrogens with zero attached hydrogens (tertiary/aromatic N) is 1. The van der Waals surface area contributed by atoms with Crippen LogP contribution in [-0.4, -0.2) is 9.97 Å². The highest BCUT2D eigenvalue weighted by Gasteiger charge is 2.36. The van der Waals surface area contributed by atoms with E-state index in [0.717, 1.165) is 23.4 Å². The van der Waals surface area contributed by atoms with E-state index in [-0.39, 0.29) is 16.7 Å². The van der Waals surface area contributed by atoms with Gasteiger partial charge in [0, 0.05) is 16.9 Å². The van der Waals surface area contributed by atoms with Crippen molar-refractivity contribution >= 4 is 11.6 Å². The van der Waals surface area contributed by atoms with Gasteiger partial charge in [0.15, 0.2) is 0 Å². The van der Waals surface area contributed by atoms with Crippen LogP contribution in [-0.2, 0) is 18.4 Å². The molecule has 0 aliphatic heterocycles. The standard InChI is InChI=1S/C23H23ClN2O2/c24-19-10-8-18(9-11-19)23(12-4-5-13-23)14-21-25-15-20(22(27)26-21)28-16-17-6-2-1-3-7-17/h1-3,6-11,15H,4-5,12-14,16H2,(H,25,26,27). The summed E-state index contributed by atoms with van der Waals surface area (Å²) in [6.45, 7) is 0.347. The SMILES string of the molecule is O=c1[nH]c(CC2(c3ccc(Cl)cc3)CCCC2)ncc1OCc1ccccc1. The van der Waals surface area contributed by atoms with Crippen molar-refractivity contribution in [1.82, 2.24) is 9.97 Å². The number of aromatic nitrogens is 2. The Labute approximate surface area is 169 Å². The van der Waals surface area contributed by atoms with Crippen LogP contribution in [0.15, 0.2) is 65.6 Å². The van der Waals surface area contributed by atoms with Crippen LogP contribution >= 0.6 is 11.6 Å². The molecule has 3 aromatic rings. The number of benzene rings is 2. The number of aromatic amines is 1. The van der Waals surface area contributed by atoms with Crippen LogP contribution in [0.2, 0.25) is 5.02 Å². The molecule has 28 heavy (non-hydrogen) atoms. The Morgan fingerprint density at radius 2 is 1.75 bits per heavy atom. The highest BCUT2D eigenvalue weighted by molar-refractivity contribution is 6.30. The Hall–Kier alpha value is -2.59. The van der Waals surface area contributed by atoms with Crippen molar-refractivity contribution in [3.8, 4) is 5.75 Å². The molecule has 4 rings (SSSR count). The van der Waals surface area contributed by atoms with Crippen molar-refractivity contribution < 1.29 is 4.74 Å². The lowest BCUT2D eigenvalue weighted by Crippen LogP contribution is -2.27. The van der Waals surface area contributed by atoms with E-state index in [4.69, 9.17) is 16.3 Å². The van der Waals surface area contributed by atoms with Gasteiger partial charge < -0.3 is 9.72 Å². The van der Waals surface area contributed by atoms with E-state index in [0.29, 0.717) is 18.9 Å². The highest BCUT2D eigenvalue weighted by Crippen LogP contribution is 2.43. The summed E-state index contributed by atoms with van der Waals surface area (Å²) in [5.74, 6) is 0.952. The number of rotatable bonds is 6. The molecule has 1 aromatic heterocycles. The molecule has 4 nitrogen and oxygen atoms in total. The first-order valence-corrected chi connectivity index (χ1v) is 10.0. The van der Waals surface area contributed by atoms with E-state index in [1.807, 2.05) is 42.5 Å². The summed E-state index contributed by atoms with van der Waals surface area (Å²) < 4.78 is 5.65. The topological polar surface area (TPSA) is 55.0 Å².